The van der Waals surface area contributed by atoms with E-state index < -0.39 is 11.9 Å². The van der Waals surface area contributed by atoms with Crippen molar-refractivity contribution in [2.24, 2.45) is 11.5 Å². The number of nitrogens with two attached hydrogens (primary N) is 2. The number of nitrogens with zero attached hydrogens (tertiary/aromatic N) is 1. The zero-order chi connectivity index (χ0) is 15.8. The summed E-state index contributed by atoms with van der Waals surface area (Å²) in [5, 5.41) is 3.25. The standard InChI is InChI=1S/C14H14N4O4/c1-4-8(15)13(20)7-5(3-22-14(16)21)10-9-6(17-9)2-18(10)11(7)12(4)19/h6,9,17H,2-3,15H2,1H3,(H2,16,21)/t6-,9-/m1/s1. The Kier molecular flexibility index (Phi) is 2.37. The summed E-state index contributed by atoms with van der Waals surface area (Å²) in [5.41, 5.74) is 12.9. The Labute approximate surface area is 125 Å². The summed E-state index contributed by atoms with van der Waals surface area (Å²) in [5.74, 6) is -0.644. The molecule has 2 aliphatic heterocycles. The van der Waals surface area contributed by atoms with Gasteiger partial charge in [-0.1, -0.05) is 0 Å². The molecule has 8 nitrogen and oxygen atoms in total. The topological polar surface area (TPSA) is 139 Å². The maximum atomic E-state index is 12.5. The van der Waals surface area contributed by atoms with E-state index in [1.165, 1.54) is 0 Å². The molecule has 1 aliphatic carbocycles. The first kappa shape index (κ1) is 13.1. The smallest absolute Gasteiger partial charge is 0.404 e. The molecule has 0 radical (unpaired) electrons. The summed E-state index contributed by atoms with van der Waals surface area (Å²) in [7, 11) is 0. The van der Waals surface area contributed by atoms with Crippen molar-refractivity contribution in [3.63, 3.8) is 0 Å². The second-order valence-electron chi connectivity index (χ2n) is 5.75. The van der Waals surface area contributed by atoms with Gasteiger partial charge in [0.2, 0.25) is 11.6 Å². The van der Waals surface area contributed by atoms with Gasteiger partial charge in [-0.05, 0) is 6.92 Å². The van der Waals surface area contributed by atoms with Gasteiger partial charge in [-0.15, -0.1) is 0 Å². The second-order valence-corrected chi connectivity index (χ2v) is 5.75. The number of primary amides is 1. The molecule has 5 N–H and O–H groups in total. The minimum atomic E-state index is -0.929. The van der Waals surface area contributed by atoms with Gasteiger partial charge in [0.05, 0.1) is 17.3 Å². The SMILES string of the molecule is CC1=C(N)C(=O)c2c(COC(N)=O)c3n(c2C1=O)C[C@H]1N[C@@H]31. The summed E-state index contributed by atoms with van der Waals surface area (Å²) in [6.07, 6.45) is -0.929. The van der Waals surface area contributed by atoms with Crippen molar-refractivity contribution in [3.8, 4) is 0 Å². The first-order valence-corrected chi connectivity index (χ1v) is 6.91. The molecule has 1 aromatic heterocycles. The first-order chi connectivity index (χ1) is 10.4. The fourth-order valence-electron chi connectivity index (χ4n) is 3.41. The molecule has 0 saturated carbocycles. The number of hydrogen-bond acceptors (Lipinski definition) is 6. The number of Topliss-reactive ketones (excluding diaryl/α,β-unsaturated/α-hetero) is 2. The maximum absolute atomic E-state index is 12.5. The highest BCUT2D eigenvalue weighted by Crippen LogP contribution is 2.45. The second kappa shape index (κ2) is 3.98. The van der Waals surface area contributed by atoms with Crippen molar-refractivity contribution in [1.29, 1.82) is 0 Å². The van der Waals surface area contributed by atoms with Crippen LogP contribution in [0.2, 0.25) is 0 Å². The van der Waals surface area contributed by atoms with Gasteiger partial charge in [-0.2, -0.15) is 0 Å². The largest absolute Gasteiger partial charge is 0.445 e. The molecular formula is C14H14N4O4. The minimum absolute atomic E-state index is 0.0533. The highest BCUT2D eigenvalue weighted by molar-refractivity contribution is 6.26. The molecule has 1 fully saturated rings. The number of nitrogens with one attached hydrogen (secondary N) is 1. The molecule has 8 heteroatoms. The van der Waals surface area contributed by atoms with Crippen LogP contribution in [0.1, 0.15) is 45.1 Å². The van der Waals surface area contributed by atoms with Crippen molar-refractivity contribution >= 4 is 17.7 Å². The van der Waals surface area contributed by atoms with Crippen LogP contribution in [0.4, 0.5) is 4.79 Å². The van der Waals surface area contributed by atoms with Crippen molar-refractivity contribution in [2.45, 2.75) is 32.2 Å². The van der Waals surface area contributed by atoms with E-state index in [0.29, 0.717) is 17.8 Å². The number of hydrogen-bond donors (Lipinski definition) is 3. The summed E-state index contributed by atoms with van der Waals surface area (Å²) < 4.78 is 6.71. The maximum Gasteiger partial charge on any atom is 0.404 e. The Hall–Kier alpha value is -2.61. The lowest BCUT2D eigenvalue weighted by molar-refractivity contribution is 0.0965. The molecule has 4 rings (SSSR count). The van der Waals surface area contributed by atoms with Crippen LogP contribution in [0.25, 0.3) is 0 Å². The number of carbonyl (C=O) groups excluding carboxylic acids is 3. The van der Waals surface area contributed by atoms with E-state index in [4.69, 9.17) is 16.2 Å². The normalized spacial score (nSPS) is 25.0. The van der Waals surface area contributed by atoms with Gasteiger partial charge in [-0.25, -0.2) is 4.79 Å². The first-order valence-electron chi connectivity index (χ1n) is 6.91. The van der Waals surface area contributed by atoms with Crippen LogP contribution in [-0.4, -0.2) is 28.3 Å². The van der Waals surface area contributed by atoms with Crippen LogP contribution in [0.5, 0.6) is 0 Å². The Morgan fingerprint density at radius 2 is 2.14 bits per heavy atom. The summed E-state index contributed by atoms with van der Waals surface area (Å²) >= 11 is 0. The van der Waals surface area contributed by atoms with E-state index >= 15 is 0 Å². The molecule has 2 atom stereocenters. The van der Waals surface area contributed by atoms with E-state index in [0.717, 1.165) is 5.69 Å². The van der Waals surface area contributed by atoms with Crippen molar-refractivity contribution in [1.82, 2.24) is 9.88 Å². The number of ether oxygens (including phenoxy) is 1. The van der Waals surface area contributed by atoms with E-state index in [9.17, 15) is 14.4 Å². The zero-order valence-electron chi connectivity index (χ0n) is 11.8. The van der Waals surface area contributed by atoms with Crippen LogP contribution in [0, 0.1) is 0 Å². The van der Waals surface area contributed by atoms with Gasteiger partial charge in [0.15, 0.2) is 0 Å². The van der Waals surface area contributed by atoms with Crippen molar-refractivity contribution < 1.29 is 19.1 Å². The van der Waals surface area contributed by atoms with Gasteiger partial charge < -0.3 is 26.1 Å². The Balaban J connectivity index is 1.92. The predicted molar refractivity (Wildman–Crippen MR) is 74.0 cm³/mol. The van der Waals surface area contributed by atoms with E-state index in [2.05, 4.69) is 5.32 Å². The van der Waals surface area contributed by atoms with E-state index in [-0.39, 0.29) is 41.3 Å². The van der Waals surface area contributed by atoms with Crippen LogP contribution in [0.15, 0.2) is 11.3 Å². The molecule has 0 aromatic carbocycles. The Bertz CT molecular complexity index is 804. The van der Waals surface area contributed by atoms with Crippen LogP contribution in [0.3, 0.4) is 0 Å². The lowest BCUT2D eigenvalue weighted by Gasteiger charge is -2.16. The quantitative estimate of drug-likeness (QED) is 0.642. The molecule has 3 heterocycles. The number of rotatable bonds is 2. The fourth-order valence-corrected chi connectivity index (χ4v) is 3.41. The highest BCUT2D eigenvalue weighted by Gasteiger charge is 2.51. The fraction of sp³-hybridized carbons (Fsp3) is 0.357. The summed E-state index contributed by atoms with van der Waals surface area (Å²) in [6.45, 7) is 2.02. The zero-order valence-corrected chi connectivity index (χ0v) is 11.8. The summed E-state index contributed by atoms with van der Waals surface area (Å²) in [6, 6.07) is 0.346. The third-order valence-corrected chi connectivity index (χ3v) is 4.56. The van der Waals surface area contributed by atoms with Gasteiger partial charge in [0, 0.05) is 29.4 Å². The lowest BCUT2D eigenvalue weighted by atomic mass is 9.90. The van der Waals surface area contributed by atoms with Crippen molar-refractivity contribution in [3.05, 3.63) is 33.8 Å². The molecule has 1 amide bonds. The van der Waals surface area contributed by atoms with Crippen molar-refractivity contribution in [2.75, 3.05) is 0 Å². The number of ketones is 2. The molecule has 1 aromatic rings. The predicted octanol–water partition coefficient (Wildman–Crippen LogP) is -0.278. The molecular weight excluding hydrogens is 288 g/mol. The molecule has 22 heavy (non-hydrogen) atoms. The number of fused-ring (bicyclic) bond motifs is 5. The Morgan fingerprint density at radius 1 is 1.41 bits per heavy atom. The molecule has 0 bridgehead atoms. The van der Waals surface area contributed by atoms with Crippen LogP contribution in [-0.2, 0) is 17.9 Å². The van der Waals surface area contributed by atoms with Gasteiger partial charge in [-0.3, -0.25) is 9.59 Å². The number of allylic oxidation sites excluding steroid dienone is 2. The monoisotopic (exact) mass is 302 g/mol. The average Bonchev–Trinajstić information content (AvgIpc) is 3.01. The van der Waals surface area contributed by atoms with Gasteiger partial charge in [0.1, 0.15) is 12.3 Å². The molecule has 114 valence electrons. The van der Waals surface area contributed by atoms with Gasteiger partial charge >= 0.3 is 6.09 Å². The summed E-state index contributed by atoms with van der Waals surface area (Å²) in [4.78, 5) is 36.0. The molecule has 1 saturated heterocycles. The number of carbonyl (C=O) groups is 3. The van der Waals surface area contributed by atoms with E-state index in [1.807, 2.05) is 4.57 Å². The highest BCUT2D eigenvalue weighted by atomic mass is 16.5. The van der Waals surface area contributed by atoms with Crippen LogP contribution >= 0.6 is 0 Å². The van der Waals surface area contributed by atoms with Crippen LogP contribution < -0.4 is 16.8 Å². The minimum Gasteiger partial charge on any atom is -0.445 e. The average molecular weight is 302 g/mol. The third-order valence-electron chi connectivity index (χ3n) is 4.56. The molecule has 0 unspecified atom stereocenters. The third kappa shape index (κ3) is 1.47. The van der Waals surface area contributed by atoms with Gasteiger partial charge in [0.25, 0.3) is 0 Å². The lowest BCUT2D eigenvalue weighted by Crippen LogP contribution is -2.27. The number of amides is 1. The molecule has 3 aliphatic rings. The van der Waals surface area contributed by atoms with E-state index in [1.54, 1.807) is 6.92 Å². The Morgan fingerprint density at radius 3 is 2.82 bits per heavy atom. The molecule has 0 spiro atoms. The number of aromatic nitrogens is 1.